The molecule has 168 valence electrons. The van der Waals surface area contributed by atoms with Gasteiger partial charge in [-0.05, 0) is 36.3 Å². The molecule has 1 aliphatic rings. The maximum atomic E-state index is 13.6. The monoisotopic (exact) mass is 450 g/mol. The Bertz CT molecular complexity index is 1140. The van der Waals surface area contributed by atoms with Gasteiger partial charge in [-0.2, -0.15) is 4.80 Å². The largest absolute Gasteiger partial charge is 0.480 e. The molecule has 0 atom stereocenters. The number of aliphatic carboxylic acids is 1. The van der Waals surface area contributed by atoms with Crippen LogP contribution in [0.2, 0.25) is 0 Å². The second kappa shape index (κ2) is 8.77. The summed E-state index contributed by atoms with van der Waals surface area (Å²) in [6.45, 7) is 0.357. The van der Waals surface area contributed by atoms with Gasteiger partial charge in [-0.15, -0.1) is 10.2 Å². The van der Waals surface area contributed by atoms with Crippen molar-refractivity contribution < 1.29 is 32.4 Å². The molecule has 1 aliphatic heterocycles. The van der Waals surface area contributed by atoms with Crippen LogP contribution in [-0.4, -0.2) is 55.3 Å². The van der Waals surface area contributed by atoms with E-state index in [0.29, 0.717) is 31.7 Å². The number of piperidine rings is 1. The lowest BCUT2D eigenvalue weighted by Gasteiger charge is -2.31. The third-order valence-electron chi connectivity index (χ3n) is 5.15. The zero-order chi connectivity index (χ0) is 22.8. The van der Waals surface area contributed by atoms with Crippen LogP contribution in [0.1, 0.15) is 35.2 Å². The Morgan fingerprint density at radius 1 is 1.22 bits per heavy atom. The van der Waals surface area contributed by atoms with E-state index in [1.807, 2.05) is 4.90 Å². The Kier molecular flexibility index (Phi) is 5.88. The van der Waals surface area contributed by atoms with Crippen molar-refractivity contribution >= 4 is 17.6 Å². The molecule has 2 aromatic heterocycles. The average Bonchev–Trinajstić information content (AvgIpc) is 3.42. The fourth-order valence-corrected chi connectivity index (χ4v) is 3.57. The van der Waals surface area contributed by atoms with Crippen LogP contribution in [0.25, 0.3) is 11.6 Å². The van der Waals surface area contributed by atoms with Crippen molar-refractivity contribution in [2.75, 3.05) is 18.0 Å². The molecule has 0 spiro atoms. The topological polar surface area (TPSA) is 127 Å². The number of carbonyl (C=O) groups excluding carboxylic acids is 1. The predicted octanol–water partition coefficient (Wildman–Crippen LogP) is 2.59. The van der Waals surface area contributed by atoms with E-state index in [1.165, 1.54) is 0 Å². The van der Waals surface area contributed by atoms with Crippen LogP contribution in [0.3, 0.4) is 0 Å². The van der Waals surface area contributed by atoms with E-state index in [4.69, 9.17) is 9.63 Å². The summed E-state index contributed by atoms with van der Waals surface area (Å²) in [6, 6.07) is 4.29. The van der Waals surface area contributed by atoms with Gasteiger partial charge in [0.25, 0.3) is 6.43 Å². The highest BCUT2D eigenvalue weighted by molar-refractivity contribution is 5.99. The van der Waals surface area contributed by atoms with Crippen LogP contribution in [-0.2, 0) is 11.3 Å². The van der Waals surface area contributed by atoms with Gasteiger partial charge in [0, 0.05) is 36.2 Å². The highest BCUT2D eigenvalue weighted by Crippen LogP contribution is 2.31. The van der Waals surface area contributed by atoms with Crippen molar-refractivity contribution in [3.05, 3.63) is 41.2 Å². The number of hydrogen-bond donors (Lipinski definition) is 1. The number of aromatic nitrogens is 5. The van der Waals surface area contributed by atoms with Gasteiger partial charge >= 0.3 is 5.97 Å². The Balaban J connectivity index is 1.41. The minimum atomic E-state index is -2.87. The van der Waals surface area contributed by atoms with Gasteiger partial charge < -0.3 is 14.5 Å². The second-order valence-corrected chi connectivity index (χ2v) is 7.24. The van der Waals surface area contributed by atoms with E-state index in [0.717, 1.165) is 23.0 Å². The van der Waals surface area contributed by atoms with Gasteiger partial charge in [-0.3, -0.25) is 9.59 Å². The van der Waals surface area contributed by atoms with Gasteiger partial charge in [0.15, 0.2) is 18.1 Å². The summed E-state index contributed by atoms with van der Waals surface area (Å²) in [5.74, 6) is -2.16. The lowest BCUT2D eigenvalue weighted by molar-refractivity contribution is -0.138. The molecule has 0 aliphatic carbocycles. The minimum Gasteiger partial charge on any atom is -0.480 e. The fraction of sp³-hybridized carbons (Fsp3) is 0.368. The van der Waals surface area contributed by atoms with Crippen LogP contribution >= 0.6 is 0 Å². The number of hydrogen-bond acceptors (Lipinski definition) is 8. The standard InChI is InChI=1S/C19H17F3N6O4/c20-11-1-2-12(18(21)22)13(7-11)17(31)10-3-5-27(6-4-10)15-8-14(32-25-15)19-23-26-28(24-19)9-16(29)30/h1-2,7-8,10,18H,3-6,9H2,(H,29,30). The summed E-state index contributed by atoms with van der Waals surface area (Å²) in [5, 5.41) is 23.9. The van der Waals surface area contributed by atoms with E-state index in [2.05, 4.69) is 20.6 Å². The predicted molar refractivity (Wildman–Crippen MR) is 102 cm³/mol. The van der Waals surface area contributed by atoms with Crippen molar-refractivity contribution in [3.63, 3.8) is 0 Å². The average molecular weight is 450 g/mol. The molecule has 1 aromatic carbocycles. The Morgan fingerprint density at radius 2 is 1.97 bits per heavy atom. The number of alkyl halides is 2. The quantitative estimate of drug-likeness (QED) is 0.540. The van der Waals surface area contributed by atoms with Gasteiger partial charge in [0.1, 0.15) is 5.82 Å². The molecule has 1 N–H and O–H groups in total. The number of Topliss-reactive ketones (excluding diaryl/α,β-unsaturated/α-hetero) is 1. The molecule has 10 nitrogen and oxygen atoms in total. The zero-order valence-electron chi connectivity index (χ0n) is 16.5. The number of tetrazole rings is 1. The molecule has 0 bridgehead atoms. The minimum absolute atomic E-state index is 0.0701. The Hall–Kier alpha value is -3.77. The van der Waals surface area contributed by atoms with E-state index < -0.39 is 42.0 Å². The highest BCUT2D eigenvalue weighted by Gasteiger charge is 2.30. The molecular formula is C19H17F3N6O4. The second-order valence-electron chi connectivity index (χ2n) is 7.24. The van der Waals surface area contributed by atoms with Crippen molar-refractivity contribution in [3.8, 4) is 11.6 Å². The Morgan fingerprint density at radius 3 is 2.66 bits per heavy atom. The third-order valence-corrected chi connectivity index (χ3v) is 5.15. The molecule has 1 fully saturated rings. The van der Waals surface area contributed by atoms with E-state index in [9.17, 15) is 22.8 Å². The van der Waals surface area contributed by atoms with Crippen LogP contribution in [0, 0.1) is 11.7 Å². The molecule has 1 saturated heterocycles. The summed E-state index contributed by atoms with van der Waals surface area (Å²) < 4.78 is 45.2. The van der Waals surface area contributed by atoms with Crippen molar-refractivity contribution in [1.82, 2.24) is 25.4 Å². The number of carboxylic acids is 1. The molecule has 4 rings (SSSR count). The van der Waals surface area contributed by atoms with Crippen molar-refractivity contribution in [2.45, 2.75) is 25.8 Å². The zero-order valence-corrected chi connectivity index (χ0v) is 16.5. The van der Waals surface area contributed by atoms with E-state index >= 15 is 0 Å². The normalized spacial score (nSPS) is 14.8. The van der Waals surface area contributed by atoms with Gasteiger partial charge in [0.2, 0.25) is 11.6 Å². The first-order valence-corrected chi connectivity index (χ1v) is 9.65. The molecule has 0 amide bonds. The highest BCUT2D eigenvalue weighted by atomic mass is 19.3. The number of carbonyl (C=O) groups is 2. The Labute approximate surface area is 178 Å². The number of rotatable bonds is 7. The van der Waals surface area contributed by atoms with Crippen LogP contribution in [0.5, 0.6) is 0 Å². The molecule has 32 heavy (non-hydrogen) atoms. The first-order valence-electron chi connectivity index (χ1n) is 9.65. The summed E-state index contributed by atoms with van der Waals surface area (Å²) in [5.41, 5.74) is -0.749. The van der Waals surface area contributed by atoms with Crippen LogP contribution in [0.4, 0.5) is 19.0 Å². The summed E-state index contributed by atoms with van der Waals surface area (Å²) in [7, 11) is 0. The number of anilines is 1. The maximum absolute atomic E-state index is 13.6. The first-order chi connectivity index (χ1) is 15.3. The summed E-state index contributed by atoms with van der Waals surface area (Å²) >= 11 is 0. The summed E-state index contributed by atoms with van der Waals surface area (Å²) in [4.78, 5) is 26.2. The third kappa shape index (κ3) is 4.45. The molecular weight excluding hydrogens is 433 g/mol. The molecule has 0 saturated carbocycles. The molecule has 3 aromatic rings. The maximum Gasteiger partial charge on any atom is 0.327 e. The molecule has 3 heterocycles. The number of ketones is 1. The van der Waals surface area contributed by atoms with Crippen molar-refractivity contribution in [2.24, 2.45) is 5.92 Å². The van der Waals surface area contributed by atoms with Crippen molar-refractivity contribution in [1.29, 1.82) is 0 Å². The number of carboxylic acid groups (broad SMARTS) is 1. The van der Waals surface area contributed by atoms with Gasteiger partial charge in [-0.1, -0.05) is 5.16 Å². The number of benzene rings is 1. The number of halogens is 3. The smallest absolute Gasteiger partial charge is 0.327 e. The first kappa shape index (κ1) is 21.5. The molecule has 0 radical (unpaired) electrons. The van der Waals surface area contributed by atoms with Crippen LogP contribution in [0.15, 0.2) is 28.8 Å². The summed E-state index contributed by atoms with van der Waals surface area (Å²) in [6.07, 6.45) is -2.13. The van der Waals surface area contributed by atoms with Gasteiger partial charge in [0.05, 0.1) is 0 Å². The van der Waals surface area contributed by atoms with E-state index in [1.54, 1.807) is 6.07 Å². The van der Waals surface area contributed by atoms with E-state index in [-0.39, 0.29) is 17.1 Å². The van der Waals surface area contributed by atoms with Gasteiger partial charge in [-0.25, -0.2) is 13.2 Å². The molecule has 0 unspecified atom stereocenters. The fourth-order valence-electron chi connectivity index (χ4n) is 3.57. The molecule has 13 heteroatoms. The number of nitrogens with zero attached hydrogens (tertiary/aromatic N) is 6. The lowest BCUT2D eigenvalue weighted by Crippen LogP contribution is -2.36. The lowest BCUT2D eigenvalue weighted by atomic mass is 9.87. The van der Waals surface area contributed by atoms with Crippen LogP contribution < -0.4 is 4.90 Å². The SMILES string of the molecule is O=C(O)Cn1nnc(-c2cc(N3CCC(C(=O)c4cc(F)ccc4C(F)F)CC3)no2)n1.